The number of halogens is 2. The highest BCUT2D eigenvalue weighted by molar-refractivity contribution is 5.77. The fourth-order valence-electron chi connectivity index (χ4n) is 1.22. The number of para-hydroxylation sites is 1. The summed E-state index contributed by atoms with van der Waals surface area (Å²) in [6.45, 7) is -1.61. The zero-order valence-electron chi connectivity index (χ0n) is 8.10. The van der Waals surface area contributed by atoms with Crippen LogP contribution in [0.15, 0.2) is 30.3 Å². The van der Waals surface area contributed by atoms with E-state index >= 15 is 0 Å². The molecule has 0 aliphatic heterocycles. The first-order valence-electron chi connectivity index (χ1n) is 4.38. The minimum atomic E-state index is -2.83. The monoisotopic (exact) mass is 215 g/mol. The molecule has 0 saturated carbocycles. The van der Waals surface area contributed by atoms with E-state index < -0.39 is 18.6 Å². The first kappa shape index (κ1) is 11.4. The van der Waals surface area contributed by atoms with Crippen LogP contribution >= 0.6 is 0 Å². The molecule has 1 aromatic rings. The second kappa shape index (κ2) is 4.72. The van der Waals surface area contributed by atoms with Gasteiger partial charge >= 0.3 is 12.5 Å². The molecule has 0 saturated heterocycles. The van der Waals surface area contributed by atoms with Crippen molar-refractivity contribution in [1.82, 2.24) is 0 Å². The number of alkyl halides is 2. The zero-order valence-corrected chi connectivity index (χ0v) is 8.10. The molecule has 0 amide bonds. The van der Waals surface area contributed by atoms with Gasteiger partial charge in [0, 0.05) is 5.69 Å². The number of benzene rings is 1. The molecule has 0 bridgehead atoms. The number of nitrogens with zero attached hydrogens (tertiary/aromatic N) is 1. The van der Waals surface area contributed by atoms with Crippen molar-refractivity contribution in [3.63, 3.8) is 0 Å². The molecule has 82 valence electrons. The van der Waals surface area contributed by atoms with Crippen LogP contribution in [0.2, 0.25) is 0 Å². The molecule has 0 heterocycles. The summed E-state index contributed by atoms with van der Waals surface area (Å²) in [5.74, 6) is -1.28. The number of aliphatic carboxylic acids is 1. The average molecular weight is 215 g/mol. The third-order valence-corrected chi connectivity index (χ3v) is 2.04. The number of anilines is 1. The molecule has 1 N–H and O–H groups in total. The van der Waals surface area contributed by atoms with Crippen LogP contribution < -0.4 is 4.90 Å². The minimum absolute atomic E-state index is 0.197. The molecule has 0 fully saturated rings. The van der Waals surface area contributed by atoms with Crippen LogP contribution in [0.1, 0.15) is 6.92 Å². The Kier molecular flexibility index (Phi) is 3.60. The highest BCUT2D eigenvalue weighted by Gasteiger charge is 2.27. The summed E-state index contributed by atoms with van der Waals surface area (Å²) in [5, 5.41) is 8.69. The normalized spacial score (nSPS) is 12.5. The minimum Gasteiger partial charge on any atom is -0.480 e. The van der Waals surface area contributed by atoms with Gasteiger partial charge in [0.05, 0.1) is 0 Å². The van der Waals surface area contributed by atoms with E-state index in [9.17, 15) is 13.6 Å². The van der Waals surface area contributed by atoms with Gasteiger partial charge in [-0.3, -0.25) is 0 Å². The molecular formula is C10H11F2NO2. The Hall–Kier alpha value is -1.65. The van der Waals surface area contributed by atoms with Gasteiger partial charge in [0.15, 0.2) is 0 Å². The Morgan fingerprint density at radius 2 is 1.87 bits per heavy atom. The molecule has 0 aromatic heterocycles. The third kappa shape index (κ3) is 2.65. The average Bonchev–Trinajstić information content (AvgIpc) is 2.18. The van der Waals surface area contributed by atoms with Crippen LogP contribution in [-0.2, 0) is 4.79 Å². The highest BCUT2D eigenvalue weighted by Crippen LogP contribution is 2.21. The quantitative estimate of drug-likeness (QED) is 0.782. The summed E-state index contributed by atoms with van der Waals surface area (Å²) in [7, 11) is 0. The molecule has 15 heavy (non-hydrogen) atoms. The van der Waals surface area contributed by atoms with Crippen LogP contribution in [0.3, 0.4) is 0 Å². The maximum absolute atomic E-state index is 12.7. The van der Waals surface area contributed by atoms with E-state index in [-0.39, 0.29) is 5.69 Å². The molecule has 0 radical (unpaired) electrons. The first-order valence-corrected chi connectivity index (χ1v) is 4.38. The van der Waals surface area contributed by atoms with E-state index in [0.717, 1.165) is 0 Å². The highest BCUT2D eigenvalue weighted by atomic mass is 19.3. The Balaban J connectivity index is 2.99. The molecule has 1 atom stereocenters. The first-order chi connectivity index (χ1) is 7.04. The maximum atomic E-state index is 12.7. The molecule has 3 nitrogen and oxygen atoms in total. The van der Waals surface area contributed by atoms with Crippen molar-refractivity contribution in [2.75, 3.05) is 4.90 Å². The van der Waals surface area contributed by atoms with Crippen molar-refractivity contribution in [3.8, 4) is 0 Å². The van der Waals surface area contributed by atoms with E-state index in [1.807, 2.05) is 0 Å². The molecule has 0 spiro atoms. The van der Waals surface area contributed by atoms with Crippen LogP contribution in [-0.4, -0.2) is 23.7 Å². The van der Waals surface area contributed by atoms with Crippen molar-refractivity contribution in [2.45, 2.75) is 19.5 Å². The molecular weight excluding hydrogens is 204 g/mol. The van der Waals surface area contributed by atoms with Crippen LogP contribution in [0.25, 0.3) is 0 Å². The Bertz CT molecular complexity index is 329. The van der Waals surface area contributed by atoms with Crippen molar-refractivity contribution < 1.29 is 18.7 Å². The summed E-state index contributed by atoms with van der Waals surface area (Å²) in [4.78, 5) is 11.2. The van der Waals surface area contributed by atoms with Crippen LogP contribution in [0.4, 0.5) is 14.5 Å². The second-order valence-corrected chi connectivity index (χ2v) is 3.03. The predicted octanol–water partition coefficient (Wildman–Crippen LogP) is 2.19. The Morgan fingerprint density at radius 1 is 1.33 bits per heavy atom. The second-order valence-electron chi connectivity index (χ2n) is 3.03. The lowest BCUT2D eigenvalue weighted by Crippen LogP contribution is -2.42. The summed E-state index contributed by atoms with van der Waals surface area (Å²) < 4.78 is 25.3. The van der Waals surface area contributed by atoms with Gasteiger partial charge in [-0.15, -0.1) is 0 Å². The van der Waals surface area contributed by atoms with Crippen molar-refractivity contribution in [2.24, 2.45) is 0 Å². The van der Waals surface area contributed by atoms with E-state index in [0.29, 0.717) is 4.90 Å². The largest absolute Gasteiger partial charge is 0.480 e. The van der Waals surface area contributed by atoms with Gasteiger partial charge in [0.1, 0.15) is 6.04 Å². The summed E-state index contributed by atoms with van der Waals surface area (Å²) in [6.07, 6.45) is 0. The van der Waals surface area contributed by atoms with Gasteiger partial charge in [-0.1, -0.05) is 18.2 Å². The molecule has 5 heteroatoms. The number of hydrogen-bond acceptors (Lipinski definition) is 2. The Morgan fingerprint density at radius 3 is 2.27 bits per heavy atom. The Labute approximate surface area is 85.9 Å². The molecule has 0 aliphatic carbocycles. The summed E-state index contributed by atoms with van der Waals surface area (Å²) >= 11 is 0. The molecule has 1 rings (SSSR count). The summed E-state index contributed by atoms with van der Waals surface area (Å²) in [5.41, 5.74) is 0.197. The lowest BCUT2D eigenvalue weighted by Gasteiger charge is -2.27. The number of carbonyl (C=O) groups is 1. The topological polar surface area (TPSA) is 40.5 Å². The van der Waals surface area contributed by atoms with Crippen molar-refractivity contribution in [3.05, 3.63) is 30.3 Å². The molecule has 1 aromatic carbocycles. The smallest absolute Gasteiger partial charge is 0.326 e. The third-order valence-electron chi connectivity index (χ3n) is 2.04. The van der Waals surface area contributed by atoms with E-state index in [1.165, 1.54) is 19.1 Å². The lowest BCUT2D eigenvalue weighted by molar-refractivity contribution is -0.139. The van der Waals surface area contributed by atoms with Gasteiger partial charge in [-0.2, -0.15) is 8.78 Å². The van der Waals surface area contributed by atoms with Crippen molar-refractivity contribution >= 4 is 11.7 Å². The van der Waals surface area contributed by atoms with Gasteiger partial charge in [-0.05, 0) is 19.1 Å². The van der Waals surface area contributed by atoms with Gasteiger partial charge in [-0.25, -0.2) is 4.79 Å². The zero-order chi connectivity index (χ0) is 11.4. The van der Waals surface area contributed by atoms with Gasteiger partial charge in [0.25, 0.3) is 0 Å². The van der Waals surface area contributed by atoms with E-state index in [4.69, 9.17) is 5.11 Å². The predicted molar refractivity (Wildman–Crippen MR) is 52.0 cm³/mol. The fourth-order valence-corrected chi connectivity index (χ4v) is 1.22. The SMILES string of the molecule is CC(C(=O)O)N(c1ccccc1)C(F)F. The van der Waals surface area contributed by atoms with Gasteiger partial charge in [0.2, 0.25) is 0 Å². The molecule has 0 aliphatic rings. The van der Waals surface area contributed by atoms with Gasteiger partial charge < -0.3 is 10.0 Å². The standard InChI is InChI=1S/C10H11F2NO2/c1-7(9(14)15)13(10(11)12)8-5-3-2-4-6-8/h2-7,10H,1H3,(H,14,15). The lowest BCUT2D eigenvalue weighted by atomic mass is 10.2. The van der Waals surface area contributed by atoms with Crippen LogP contribution in [0, 0.1) is 0 Å². The maximum Gasteiger partial charge on any atom is 0.326 e. The summed E-state index contributed by atoms with van der Waals surface area (Å²) in [6, 6.07) is 6.49. The molecule has 1 unspecified atom stereocenters. The number of rotatable bonds is 4. The van der Waals surface area contributed by atoms with Crippen molar-refractivity contribution in [1.29, 1.82) is 0 Å². The number of hydrogen-bond donors (Lipinski definition) is 1. The van der Waals surface area contributed by atoms with Crippen LogP contribution in [0.5, 0.6) is 0 Å². The number of carboxylic acids is 1. The fraction of sp³-hybridized carbons (Fsp3) is 0.300. The van der Waals surface area contributed by atoms with E-state index in [1.54, 1.807) is 18.2 Å². The van der Waals surface area contributed by atoms with E-state index in [2.05, 4.69) is 0 Å². The number of carboxylic acid groups (broad SMARTS) is 1.